The largest absolute Gasteiger partial charge is 0.185 e. The molecular formula is C14H16N2S2. The van der Waals surface area contributed by atoms with Crippen LogP contribution in [0.2, 0.25) is 0 Å². The Labute approximate surface area is 117 Å². The zero-order valence-corrected chi connectivity index (χ0v) is 12.4. The highest BCUT2D eigenvalue weighted by atomic mass is 32.2. The minimum absolute atomic E-state index is 0.175. The van der Waals surface area contributed by atoms with E-state index in [2.05, 4.69) is 42.0 Å². The summed E-state index contributed by atoms with van der Waals surface area (Å²) in [6.07, 6.45) is 0. The van der Waals surface area contributed by atoms with Gasteiger partial charge in [-0.2, -0.15) is 10.5 Å². The smallest absolute Gasteiger partial charge is 0.133 e. The van der Waals surface area contributed by atoms with E-state index >= 15 is 0 Å². The van der Waals surface area contributed by atoms with Crippen LogP contribution in [0.1, 0.15) is 30.9 Å². The van der Waals surface area contributed by atoms with E-state index in [1.807, 2.05) is 13.8 Å². The van der Waals surface area contributed by atoms with E-state index in [-0.39, 0.29) is 16.4 Å². The summed E-state index contributed by atoms with van der Waals surface area (Å²) in [7, 11) is 0. The van der Waals surface area contributed by atoms with Crippen LogP contribution in [0.3, 0.4) is 0 Å². The van der Waals surface area contributed by atoms with Crippen LogP contribution in [0.15, 0.2) is 24.3 Å². The van der Waals surface area contributed by atoms with Crippen molar-refractivity contribution in [1.29, 1.82) is 10.5 Å². The van der Waals surface area contributed by atoms with E-state index in [4.69, 9.17) is 10.5 Å². The molecule has 0 aliphatic heterocycles. The predicted molar refractivity (Wildman–Crippen MR) is 79.3 cm³/mol. The van der Waals surface area contributed by atoms with Crippen LogP contribution in [0.25, 0.3) is 0 Å². The maximum absolute atomic E-state index is 8.83. The Balaban J connectivity index is 3.00. The van der Waals surface area contributed by atoms with Gasteiger partial charge in [0.25, 0.3) is 0 Å². The summed E-state index contributed by atoms with van der Waals surface area (Å²) >= 11 is 2.55. The monoisotopic (exact) mass is 276 g/mol. The van der Waals surface area contributed by atoms with Gasteiger partial charge in [0.15, 0.2) is 0 Å². The zero-order valence-electron chi connectivity index (χ0n) is 10.8. The van der Waals surface area contributed by atoms with Gasteiger partial charge in [0.2, 0.25) is 0 Å². The highest BCUT2D eigenvalue weighted by Gasteiger charge is 2.26. The number of aryl methyl sites for hydroxylation is 1. The lowest BCUT2D eigenvalue weighted by molar-refractivity contribution is 0.673. The Kier molecular flexibility index (Phi) is 6.12. The molecule has 2 unspecified atom stereocenters. The van der Waals surface area contributed by atoms with Gasteiger partial charge in [-0.15, -0.1) is 0 Å². The molecule has 0 aromatic heterocycles. The molecule has 0 fully saturated rings. The molecule has 0 aliphatic rings. The first-order valence-electron chi connectivity index (χ1n) is 5.76. The van der Waals surface area contributed by atoms with Gasteiger partial charge in [-0.25, -0.2) is 0 Å². The van der Waals surface area contributed by atoms with Crippen LogP contribution < -0.4 is 0 Å². The first-order chi connectivity index (χ1) is 8.60. The minimum atomic E-state index is 0.175. The first-order valence-corrected chi connectivity index (χ1v) is 7.52. The Morgan fingerprint density at radius 3 is 1.78 bits per heavy atom. The number of rotatable bonds is 5. The predicted octanol–water partition coefficient (Wildman–Crippen LogP) is 4.28. The second-order valence-corrected chi connectivity index (χ2v) is 6.59. The molecule has 0 saturated carbocycles. The zero-order chi connectivity index (χ0) is 13.5. The van der Waals surface area contributed by atoms with Crippen molar-refractivity contribution in [2.75, 3.05) is 0 Å². The number of thioether (sulfide) groups is 2. The van der Waals surface area contributed by atoms with E-state index in [0.29, 0.717) is 0 Å². The molecule has 0 bridgehead atoms. The third-order valence-corrected chi connectivity index (χ3v) is 4.49. The highest BCUT2D eigenvalue weighted by molar-refractivity contribution is 8.05. The van der Waals surface area contributed by atoms with E-state index in [1.165, 1.54) is 34.7 Å². The Morgan fingerprint density at radius 1 is 0.944 bits per heavy atom. The van der Waals surface area contributed by atoms with Gasteiger partial charge in [0, 0.05) is 16.4 Å². The summed E-state index contributed by atoms with van der Waals surface area (Å²) in [6.45, 7) is 6.15. The SMILES string of the molecule is Cc1ccc(C(C(C)SC#N)C(C)SC#N)cc1. The van der Waals surface area contributed by atoms with Crippen LogP contribution in [-0.2, 0) is 0 Å². The molecule has 1 aromatic rings. The van der Waals surface area contributed by atoms with Crippen LogP contribution >= 0.6 is 23.5 Å². The lowest BCUT2D eigenvalue weighted by Gasteiger charge is -2.26. The van der Waals surface area contributed by atoms with Gasteiger partial charge in [-0.3, -0.25) is 0 Å². The Morgan fingerprint density at radius 2 is 1.39 bits per heavy atom. The fraction of sp³-hybridized carbons (Fsp3) is 0.429. The molecule has 0 heterocycles. The fourth-order valence-electron chi connectivity index (χ4n) is 2.03. The molecule has 2 nitrogen and oxygen atoms in total. The molecule has 4 heteroatoms. The molecule has 0 amide bonds. The summed E-state index contributed by atoms with van der Waals surface area (Å²) in [5.74, 6) is 0.208. The molecule has 0 saturated heterocycles. The van der Waals surface area contributed by atoms with Crippen molar-refractivity contribution in [2.24, 2.45) is 0 Å². The van der Waals surface area contributed by atoms with Gasteiger partial charge in [-0.05, 0) is 36.0 Å². The molecule has 1 aromatic carbocycles. The lowest BCUT2D eigenvalue weighted by atomic mass is 9.92. The van der Waals surface area contributed by atoms with Crippen molar-refractivity contribution in [3.8, 4) is 10.8 Å². The Hall–Kier alpha value is -1.10. The molecule has 0 aliphatic carbocycles. The topological polar surface area (TPSA) is 47.6 Å². The number of hydrogen-bond acceptors (Lipinski definition) is 4. The average Bonchev–Trinajstić information content (AvgIpc) is 2.33. The average molecular weight is 276 g/mol. The van der Waals surface area contributed by atoms with Crippen molar-refractivity contribution in [1.82, 2.24) is 0 Å². The summed E-state index contributed by atoms with van der Waals surface area (Å²) in [4.78, 5) is 0. The highest BCUT2D eigenvalue weighted by Crippen LogP contribution is 2.36. The number of hydrogen-bond donors (Lipinski definition) is 0. The molecule has 2 atom stereocenters. The maximum atomic E-state index is 8.83. The van der Waals surface area contributed by atoms with Gasteiger partial charge < -0.3 is 0 Å². The molecule has 18 heavy (non-hydrogen) atoms. The molecule has 0 N–H and O–H groups in total. The van der Waals surface area contributed by atoms with Crippen molar-refractivity contribution >= 4 is 23.5 Å². The first kappa shape index (κ1) is 15.0. The van der Waals surface area contributed by atoms with Gasteiger partial charge >= 0.3 is 0 Å². The second-order valence-electron chi connectivity index (χ2n) is 4.26. The van der Waals surface area contributed by atoms with Crippen molar-refractivity contribution in [2.45, 2.75) is 37.2 Å². The number of benzene rings is 1. The van der Waals surface area contributed by atoms with Crippen LogP contribution in [0.5, 0.6) is 0 Å². The maximum Gasteiger partial charge on any atom is 0.133 e. The summed E-state index contributed by atoms with van der Waals surface area (Å²) < 4.78 is 0. The lowest BCUT2D eigenvalue weighted by Crippen LogP contribution is -2.21. The Bertz CT molecular complexity index is 434. The molecular weight excluding hydrogens is 260 g/mol. The van der Waals surface area contributed by atoms with Gasteiger partial charge in [0.1, 0.15) is 10.8 Å². The molecule has 94 valence electrons. The molecule has 0 radical (unpaired) electrons. The number of thiocyanates is 2. The number of nitriles is 2. The van der Waals surface area contributed by atoms with E-state index in [1.54, 1.807) is 0 Å². The second kappa shape index (κ2) is 7.36. The molecule has 0 spiro atoms. The van der Waals surface area contributed by atoms with Crippen molar-refractivity contribution in [3.63, 3.8) is 0 Å². The third-order valence-electron chi connectivity index (χ3n) is 2.95. The summed E-state index contributed by atoms with van der Waals surface area (Å²) in [5.41, 5.74) is 2.42. The van der Waals surface area contributed by atoms with Crippen LogP contribution in [0.4, 0.5) is 0 Å². The van der Waals surface area contributed by atoms with Crippen LogP contribution in [-0.4, -0.2) is 10.5 Å². The fourth-order valence-corrected chi connectivity index (χ4v) is 3.54. The summed E-state index contributed by atoms with van der Waals surface area (Å²) in [6, 6.07) is 8.36. The van der Waals surface area contributed by atoms with E-state index < -0.39 is 0 Å². The van der Waals surface area contributed by atoms with Crippen LogP contribution in [0, 0.1) is 28.3 Å². The number of nitrogens with zero attached hydrogens (tertiary/aromatic N) is 2. The normalized spacial score (nSPS) is 15.2. The quantitative estimate of drug-likeness (QED) is 0.753. The van der Waals surface area contributed by atoms with Crippen molar-refractivity contribution < 1.29 is 0 Å². The van der Waals surface area contributed by atoms with Crippen molar-refractivity contribution in [3.05, 3.63) is 35.4 Å². The minimum Gasteiger partial charge on any atom is -0.185 e. The van der Waals surface area contributed by atoms with E-state index in [9.17, 15) is 0 Å². The van der Waals surface area contributed by atoms with Gasteiger partial charge in [-0.1, -0.05) is 43.7 Å². The van der Waals surface area contributed by atoms with E-state index in [0.717, 1.165) is 0 Å². The third kappa shape index (κ3) is 3.98. The summed E-state index contributed by atoms with van der Waals surface area (Å²) in [5, 5.41) is 22.3. The standard InChI is InChI=1S/C14H16N2S2/c1-10-4-6-13(7-5-10)14(11(2)17-8-15)12(3)18-9-16/h4-7,11-12,14H,1-3H3. The van der Waals surface area contributed by atoms with Gasteiger partial charge in [0.05, 0.1) is 0 Å². The molecule has 1 rings (SSSR count).